The van der Waals surface area contributed by atoms with E-state index in [0.29, 0.717) is 12.0 Å². The van der Waals surface area contributed by atoms with Gasteiger partial charge < -0.3 is 9.84 Å². The summed E-state index contributed by atoms with van der Waals surface area (Å²) in [6, 6.07) is 4.49. The highest BCUT2D eigenvalue weighted by Crippen LogP contribution is 2.19. The minimum absolute atomic E-state index is 0.00273. The molecule has 0 spiro atoms. The number of ether oxygens (including phenoxy) is 1. The minimum atomic E-state index is -1.11. The van der Waals surface area contributed by atoms with Crippen LogP contribution in [0.25, 0.3) is 0 Å². The normalized spacial score (nSPS) is 11.9. The Hall–Kier alpha value is -1.84. The quantitative estimate of drug-likeness (QED) is 0.549. The molecule has 1 aromatic rings. The highest BCUT2D eigenvalue weighted by atomic mass is 16.5. The zero-order valence-corrected chi connectivity index (χ0v) is 12.1. The molecule has 0 aliphatic heterocycles. The van der Waals surface area contributed by atoms with Crippen molar-refractivity contribution in [3.63, 3.8) is 0 Å². The van der Waals surface area contributed by atoms with Crippen LogP contribution in [-0.4, -0.2) is 23.5 Å². The molecule has 0 saturated carbocycles. The summed E-state index contributed by atoms with van der Waals surface area (Å²) in [5.41, 5.74) is 0.149. The Bertz CT molecular complexity index is 454. The molecule has 110 valence electrons. The summed E-state index contributed by atoms with van der Waals surface area (Å²) in [6.45, 7) is 4.16. The Labute approximate surface area is 119 Å². The summed E-state index contributed by atoms with van der Waals surface area (Å²) in [5, 5.41) is 8.94. The lowest BCUT2D eigenvalue weighted by Crippen LogP contribution is -2.12. The van der Waals surface area contributed by atoms with Crippen molar-refractivity contribution >= 4 is 12.3 Å². The first-order chi connectivity index (χ1) is 9.58. The van der Waals surface area contributed by atoms with E-state index in [1.54, 1.807) is 6.07 Å². The predicted octanol–water partition coefficient (Wildman–Crippen LogP) is 3.94. The third-order valence-electron chi connectivity index (χ3n) is 3.18. The van der Waals surface area contributed by atoms with Gasteiger partial charge in [-0.1, -0.05) is 26.2 Å². The third-order valence-corrected chi connectivity index (χ3v) is 3.18. The van der Waals surface area contributed by atoms with E-state index >= 15 is 0 Å². The van der Waals surface area contributed by atoms with Crippen molar-refractivity contribution in [1.82, 2.24) is 0 Å². The van der Waals surface area contributed by atoms with Gasteiger partial charge in [-0.05, 0) is 38.0 Å². The molecule has 1 N–H and O–H groups in total. The van der Waals surface area contributed by atoms with E-state index in [0.717, 1.165) is 12.8 Å². The summed E-state index contributed by atoms with van der Waals surface area (Å²) < 4.78 is 5.72. The van der Waals surface area contributed by atoms with E-state index in [-0.39, 0.29) is 17.2 Å². The van der Waals surface area contributed by atoms with Gasteiger partial charge in [0, 0.05) is 5.56 Å². The molecule has 1 aromatic carbocycles. The second kappa shape index (κ2) is 8.35. The first-order valence-corrected chi connectivity index (χ1v) is 7.07. The summed E-state index contributed by atoms with van der Waals surface area (Å²) >= 11 is 0. The van der Waals surface area contributed by atoms with Gasteiger partial charge in [-0.3, -0.25) is 4.79 Å². The highest BCUT2D eigenvalue weighted by Gasteiger charge is 2.12. The lowest BCUT2D eigenvalue weighted by molar-refractivity contribution is 0.0694. The summed E-state index contributed by atoms with van der Waals surface area (Å²) in [5.74, 6) is -0.564. The molecule has 20 heavy (non-hydrogen) atoms. The van der Waals surface area contributed by atoms with Gasteiger partial charge in [-0.2, -0.15) is 0 Å². The van der Waals surface area contributed by atoms with Gasteiger partial charge in [0.05, 0.1) is 11.7 Å². The van der Waals surface area contributed by atoms with Gasteiger partial charge in [-0.15, -0.1) is 0 Å². The number of carboxylic acids is 1. The molecule has 0 heterocycles. The van der Waals surface area contributed by atoms with Gasteiger partial charge in [0.15, 0.2) is 6.29 Å². The molecule has 0 radical (unpaired) electrons. The maximum Gasteiger partial charge on any atom is 0.336 e. The number of unbranched alkanes of at least 4 members (excludes halogenated alkanes) is 3. The van der Waals surface area contributed by atoms with Crippen molar-refractivity contribution in [3.05, 3.63) is 29.3 Å². The minimum Gasteiger partial charge on any atom is -0.491 e. The average Bonchev–Trinajstić information content (AvgIpc) is 2.43. The molecule has 4 nitrogen and oxygen atoms in total. The smallest absolute Gasteiger partial charge is 0.336 e. The predicted molar refractivity (Wildman–Crippen MR) is 77.6 cm³/mol. The standard InChI is InChI=1S/C16H22O4/c1-3-4-5-6-7-12(2)20-14-8-9-15(16(18)19)13(10-14)11-17/h8-12H,3-7H2,1-2H3,(H,18,19). The monoisotopic (exact) mass is 278 g/mol. The van der Waals surface area contributed by atoms with Crippen LogP contribution in [-0.2, 0) is 0 Å². The Morgan fingerprint density at radius 2 is 2.10 bits per heavy atom. The molecule has 0 bridgehead atoms. The number of rotatable bonds is 9. The molecule has 4 heteroatoms. The Morgan fingerprint density at radius 1 is 1.35 bits per heavy atom. The number of hydrogen-bond acceptors (Lipinski definition) is 3. The number of carbonyl (C=O) groups excluding carboxylic acids is 1. The molecule has 1 rings (SSSR count). The molecule has 0 aliphatic carbocycles. The highest BCUT2D eigenvalue weighted by molar-refractivity contribution is 5.97. The van der Waals surface area contributed by atoms with Crippen LogP contribution >= 0.6 is 0 Å². The first kappa shape index (κ1) is 16.2. The van der Waals surface area contributed by atoms with E-state index in [1.807, 2.05) is 6.92 Å². The van der Waals surface area contributed by atoms with Crippen molar-refractivity contribution < 1.29 is 19.4 Å². The second-order valence-corrected chi connectivity index (χ2v) is 4.95. The van der Waals surface area contributed by atoms with E-state index in [9.17, 15) is 9.59 Å². The summed E-state index contributed by atoms with van der Waals surface area (Å²) in [7, 11) is 0. The van der Waals surface area contributed by atoms with Crippen LogP contribution in [0.1, 0.15) is 66.7 Å². The maximum atomic E-state index is 10.9. The summed E-state index contributed by atoms with van der Waals surface area (Å²) in [4.78, 5) is 21.8. The topological polar surface area (TPSA) is 63.6 Å². The van der Waals surface area contributed by atoms with E-state index in [4.69, 9.17) is 9.84 Å². The Balaban J connectivity index is 2.59. The molecule has 0 saturated heterocycles. The lowest BCUT2D eigenvalue weighted by atomic mass is 10.1. The van der Waals surface area contributed by atoms with E-state index < -0.39 is 5.97 Å². The number of carboxylic acid groups (broad SMARTS) is 1. The molecule has 0 aromatic heterocycles. The summed E-state index contributed by atoms with van der Waals surface area (Å²) in [6.07, 6.45) is 6.30. The number of aromatic carboxylic acids is 1. The van der Waals surface area contributed by atoms with Gasteiger partial charge in [0.2, 0.25) is 0 Å². The van der Waals surface area contributed by atoms with Crippen LogP contribution in [0.15, 0.2) is 18.2 Å². The molecule has 0 fully saturated rings. The fourth-order valence-electron chi connectivity index (χ4n) is 2.06. The van der Waals surface area contributed by atoms with Crippen molar-refractivity contribution in [2.45, 2.75) is 52.1 Å². The molecule has 0 amide bonds. The van der Waals surface area contributed by atoms with Crippen LogP contribution in [0, 0.1) is 0 Å². The average molecular weight is 278 g/mol. The van der Waals surface area contributed by atoms with Gasteiger partial charge in [-0.25, -0.2) is 4.79 Å². The van der Waals surface area contributed by atoms with Gasteiger partial charge >= 0.3 is 5.97 Å². The SMILES string of the molecule is CCCCCCC(C)Oc1ccc(C(=O)O)c(C=O)c1. The van der Waals surface area contributed by atoms with E-state index in [2.05, 4.69) is 6.92 Å². The lowest BCUT2D eigenvalue weighted by Gasteiger charge is -2.15. The van der Waals surface area contributed by atoms with Crippen molar-refractivity contribution in [1.29, 1.82) is 0 Å². The van der Waals surface area contributed by atoms with Crippen molar-refractivity contribution in [2.24, 2.45) is 0 Å². The second-order valence-electron chi connectivity index (χ2n) is 4.95. The largest absolute Gasteiger partial charge is 0.491 e. The molecule has 1 atom stereocenters. The molecule has 1 unspecified atom stereocenters. The fraction of sp³-hybridized carbons (Fsp3) is 0.500. The number of aldehydes is 1. The Morgan fingerprint density at radius 3 is 2.70 bits per heavy atom. The van der Waals surface area contributed by atoms with Crippen LogP contribution in [0.2, 0.25) is 0 Å². The number of hydrogen-bond donors (Lipinski definition) is 1. The third kappa shape index (κ3) is 5.03. The van der Waals surface area contributed by atoms with Crippen LogP contribution in [0.3, 0.4) is 0 Å². The van der Waals surface area contributed by atoms with Gasteiger partial charge in [0.1, 0.15) is 5.75 Å². The Kier molecular flexibility index (Phi) is 6.77. The van der Waals surface area contributed by atoms with Gasteiger partial charge in [0.25, 0.3) is 0 Å². The number of benzene rings is 1. The maximum absolute atomic E-state index is 10.9. The van der Waals surface area contributed by atoms with Crippen molar-refractivity contribution in [3.8, 4) is 5.75 Å². The molecular formula is C16H22O4. The van der Waals surface area contributed by atoms with Crippen LogP contribution < -0.4 is 4.74 Å². The van der Waals surface area contributed by atoms with E-state index in [1.165, 1.54) is 31.4 Å². The zero-order valence-electron chi connectivity index (χ0n) is 12.1. The first-order valence-electron chi connectivity index (χ1n) is 7.07. The van der Waals surface area contributed by atoms with Crippen LogP contribution in [0.5, 0.6) is 5.75 Å². The molecular weight excluding hydrogens is 256 g/mol. The molecule has 0 aliphatic rings. The fourth-order valence-corrected chi connectivity index (χ4v) is 2.06. The van der Waals surface area contributed by atoms with Crippen molar-refractivity contribution in [2.75, 3.05) is 0 Å². The number of carbonyl (C=O) groups is 2. The zero-order chi connectivity index (χ0) is 15.0. The van der Waals surface area contributed by atoms with Crippen LogP contribution in [0.4, 0.5) is 0 Å².